The molecule has 6 heteroatoms. The number of nitrogens with one attached hydrogen (secondary N) is 1. The zero-order valence-corrected chi connectivity index (χ0v) is 11.3. The summed E-state index contributed by atoms with van der Waals surface area (Å²) < 4.78 is 0. The van der Waals surface area contributed by atoms with Crippen LogP contribution in [-0.4, -0.2) is 34.5 Å². The summed E-state index contributed by atoms with van der Waals surface area (Å²) in [5.74, 6) is 0.719. The maximum atomic E-state index is 11.9. The van der Waals surface area contributed by atoms with Crippen LogP contribution in [0.15, 0.2) is 18.2 Å². The van der Waals surface area contributed by atoms with Crippen LogP contribution in [-0.2, 0) is 4.79 Å². The van der Waals surface area contributed by atoms with Gasteiger partial charge < -0.3 is 16.0 Å². The number of aromatic nitrogens is 1. The van der Waals surface area contributed by atoms with Crippen molar-refractivity contribution in [2.75, 3.05) is 18.0 Å². The van der Waals surface area contributed by atoms with E-state index in [9.17, 15) is 4.79 Å². The highest BCUT2D eigenvalue weighted by atomic mass is 32.1. The molecule has 96 valence electrons. The van der Waals surface area contributed by atoms with Crippen molar-refractivity contribution in [3.8, 4) is 0 Å². The summed E-state index contributed by atoms with van der Waals surface area (Å²) in [5, 5.41) is 2.85. The normalized spacial score (nSPS) is 18.3. The van der Waals surface area contributed by atoms with E-state index in [1.54, 1.807) is 6.07 Å². The Morgan fingerprint density at radius 2 is 2.28 bits per heavy atom. The van der Waals surface area contributed by atoms with Crippen molar-refractivity contribution in [1.82, 2.24) is 10.3 Å². The van der Waals surface area contributed by atoms with Crippen molar-refractivity contribution in [1.29, 1.82) is 0 Å². The Balaban J connectivity index is 2.38. The van der Waals surface area contributed by atoms with Gasteiger partial charge in [0.25, 0.3) is 0 Å². The first-order valence-electron chi connectivity index (χ1n) is 5.76. The first-order valence-corrected chi connectivity index (χ1v) is 6.16. The molecule has 2 heterocycles. The average molecular weight is 264 g/mol. The van der Waals surface area contributed by atoms with Gasteiger partial charge in [-0.1, -0.05) is 18.3 Å². The lowest BCUT2D eigenvalue weighted by Crippen LogP contribution is -2.62. The Labute approximate surface area is 111 Å². The van der Waals surface area contributed by atoms with E-state index < -0.39 is 5.54 Å². The maximum Gasteiger partial charge on any atom is 0.245 e. The minimum absolute atomic E-state index is 0.00345. The molecule has 3 N–H and O–H groups in total. The van der Waals surface area contributed by atoms with E-state index in [0.717, 1.165) is 5.82 Å². The predicted octanol–water partition coefficient (Wildman–Crippen LogP) is 0.431. The second-order valence-corrected chi connectivity index (χ2v) is 5.15. The lowest BCUT2D eigenvalue weighted by Gasteiger charge is -2.42. The topological polar surface area (TPSA) is 71.2 Å². The molecule has 0 atom stereocenters. The van der Waals surface area contributed by atoms with E-state index in [1.807, 2.05) is 30.9 Å². The highest BCUT2D eigenvalue weighted by Gasteiger charge is 2.38. The zero-order chi connectivity index (χ0) is 13.3. The van der Waals surface area contributed by atoms with Gasteiger partial charge in [-0.15, -0.1) is 0 Å². The van der Waals surface area contributed by atoms with E-state index in [2.05, 4.69) is 10.3 Å². The van der Waals surface area contributed by atoms with Crippen LogP contribution in [0.4, 0.5) is 5.82 Å². The number of carbonyl (C=O) groups excluding carboxylic acids is 1. The largest absolute Gasteiger partial charge is 0.388 e. The Morgan fingerprint density at radius 3 is 2.94 bits per heavy atom. The number of pyridine rings is 1. The van der Waals surface area contributed by atoms with Crippen LogP contribution >= 0.6 is 12.2 Å². The molecule has 2 rings (SSSR count). The van der Waals surface area contributed by atoms with Crippen LogP contribution in [0.2, 0.25) is 0 Å². The second kappa shape index (κ2) is 4.53. The molecule has 5 nitrogen and oxygen atoms in total. The van der Waals surface area contributed by atoms with E-state index >= 15 is 0 Å². The smallest absolute Gasteiger partial charge is 0.245 e. The van der Waals surface area contributed by atoms with Gasteiger partial charge in [0, 0.05) is 13.1 Å². The van der Waals surface area contributed by atoms with Crippen LogP contribution in [0.1, 0.15) is 19.5 Å². The van der Waals surface area contributed by atoms with Crippen molar-refractivity contribution in [2.24, 2.45) is 5.73 Å². The molecule has 1 aliphatic heterocycles. The molecule has 0 aromatic carbocycles. The second-order valence-electron chi connectivity index (χ2n) is 4.71. The number of amides is 1. The molecule has 0 spiro atoms. The van der Waals surface area contributed by atoms with Crippen LogP contribution < -0.4 is 16.0 Å². The van der Waals surface area contributed by atoms with Gasteiger partial charge in [-0.2, -0.15) is 0 Å². The maximum absolute atomic E-state index is 11.9. The summed E-state index contributed by atoms with van der Waals surface area (Å²) in [5.41, 5.74) is 5.53. The molecule has 1 amide bonds. The van der Waals surface area contributed by atoms with Gasteiger partial charge in [0.15, 0.2) is 0 Å². The summed E-state index contributed by atoms with van der Waals surface area (Å²) in [4.78, 5) is 18.5. The average Bonchev–Trinajstić information content (AvgIpc) is 2.32. The fourth-order valence-electron chi connectivity index (χ4n) is 2.01. The van der Waals surface area contributed by atoms with Gasteiger partial charge >= 0.3 is 0 Å². The Hall–Kier alpha value is -1.69. The van der Waals surface area contributed by atoms with E-state index in [4.69, 9.17) is 18.0 Å². The molecule has 0 aliphatic carbocycles. The summed E-state index contributed by atoms with van der Waals surface area (Å²) >= 11 is 4.92. The van der Waals surface area contributed by atoms with Gasteiger partial charge in [0.05, 0.1) is 5.69 Å². The third-order valence-corrected chi connectivity index (χ3v) is 3.32. The Kier molecular flexibility index (Phi) is 3.21. The third-order valence-electron chi connectivity index (χ3n) is 3.11. The molecule has 0 bridgehead atoms. The number of piperazine rings is 1. The minimum atomic E-state index is -0.625. The fourth-order valence-corrected chi connectivity index (χ4v) is 2.13. The summed E-state index contributed by atoms with van der Waals surface area (Å²) in [6.07, 6.45) is 0. The van der Waals surface area contributed by atoms with Gasteiger partial charge in [0.2, 0.25) is 5.91 Å². The number of thiocarbonyl (C=S) groups is 1. The molecule has 18 heavy (non-hydrogen) atoms. The molecule has 1 saturated heterocycles. The summed E-state index contributed by atoms with van der Waals surface area (Å²) in [7, 11) is 0. The number of carbonyl (C=O) groups is 1. The standard InChI is InChI=1S/C12H16N4OS/c1-12(2)11(17)14-6-7-16(12)9-5-3-4-8(15-9)10(13)18/h3-5H,6-7H2,1-2H3,(H2,13,18)(H,14,17). The number of nitrogens with zero attached hydrogens (tertiary/aromatic N) is 2. The van der Waals surface area contributed by atoms with Crippen molar-refractivity contribution in [3.63, 3.8) is 0 Å². The first kappa shape index (κ1) is 12.8. The van der Waals surface area contributed by atoms with E-state index in [-0.39, 0.29) is 10.9 Å². The minimum Gasteiger partial charge on any atom is -0.388 e. The summed E-state index contributed by atoms with van der Waals surface area (Å²) in [6.45, 7) is 5.07. The predicted molar refractivity (Wildman–Crippen MR) is 74.6 cm³/mol. The molecule has 1 aromatic rings. The molecule has 1 aliphatic rings. The van der Waals surface area contributed by atoms with E-state index in [1.165, 1.54) is 0 Å². The van der Waals surface area contributed by atoms with Crippen molar-refractivity contribution in [3.05, 3.63) is 23.9 Å². The molecule has 0 radical (unpaired) electrons. The molecule has 1 aromatic heterocycles. The van der Waals surface area contributed by atoms with Crippen LogP contribution in [0.3, 0.4) is 0 Å². The van der Waals surface area contributed by atoms with Crippen molar-refractivity contribution in [2.45, 2.75) is 19.4 Å². The molecular weight excluding hydrogens is 248 g/mol. The molecular formula is C12H16N4OS. The monoisotopic (exact) mass is 264 g/mol. The number of hydrogen-bond donors (Lipinski definition) is 2. The first-order chi connectivity index (χ1) is 8.43. The number of hydrogen-bond acceptors (Lipinski definition) is 4. The summed E-state index contributed by atoms with van der Waals surface area (Å²) in [6, 6.07) is 5.48. The van der Waals surface area contributed by atoms with Gasteiger partial charge in [0.1, 0.15) is 16.3 Å². The fraction of sp³-hybridized carbons (Fsp3) is 0.417. The highest BCUT2D eigenvalue weighted by Crippen LogP contribution is 2.24. The van der Waals surface area contributed by atoms with Crippen LogP contribution in [0.5, 0.6) is 0 Å². The lowest BCUT2D eigenvalue weighted by atomic mass is 9.99. The highest BCUT2D eigenvalue weighted by molar-refractivity contribution is 7.80. The lowest BCUT2D eigenvalue weighted by molar-refractivity contribution is -0.126. The number of nitrogens with two attached hydrogens (primary N) is 1. The quantitative estimate of drug-likeness (QED) is 0.758. The van der Waals surface area contributed by atoms with Gasteiger partial charge in [-0.3, -0.25) is 4.79 Å². The molecule has 0 unspecified atom stereocenters. The molecule has 1 fully saturated rings. The number of anilines is 1. The number of rotatable bonds is 2. The third kappa shape index (κ3) is 2.15. The van der Waals surface area contributed by atoms with Gasteiger partial charge in [-0.25, -0.2) is 4.98 Å². The molecule has 0 saturated carbocycles. The van der Waals surface area contributed by atoms with Crippen molar-refractivity contribution >= 4 is 28.9 Å². The zero-order valence-electron chi connectivity index (χ0n) is 10.4. The van der Waals surface area contributed by atoms with Crippen LogP contribution in [0, 0.1) is 0 Å². The van der Waals surface area contributed by atoms with E-state index in [0.29, 0.717) is 18.8 Å². The van der Waals surface area contributed by atoms with Crippen LogP contribution in [0.25, 0.3) is 0 Å². The Morgan fingerprint density at radius 1 is 1.56 bits per heavy atom. The van der Waals surface area contributed by atoms with Gasteiger partial charge in [-0.05, 0) is 26.0 Å². The SMILES string of the molecule is CC1(C)C(=O)NCCN1c1cccc(C(N)=S)n1. The van der Waals surface area contributed by atoms with Crippen molar-refractivity contribution < 1.29 is 4.79 Å². The Bertz CT molecular complexity index is 501.